The number of hydrogen-bond donors (Lipinski definition) is 1. The number of azo groups is 1. The molecule has 0 unspecified atom stereocenters. The van der Waals surface area contributed by atoms with Gasteiger partial charge in [0, 0.05) is 17.7 Å². The number of nitrogens with zero attached hydrogens (tertiary/aromatic N) is 5. The van der Waals surface area contributed by atoms with Gasteiger partial charge in [0.1, 0.15) is 0 Å². The molecular weight excluding hydrogens is 460 g/mol. The third-order valence-electron chi connectivity index (χ3n) is 4.64. The second-order valence-corrected chi connectivity index (χ2v) is 9.19. The molecule has 2 heterocycles. The highest BCUT2D eigenvalue weighted by Gasteiger charge is 2.11. The second-order valence-electron chi connectivity index (χ2n) is 7.24. The summed E-state index contributed by atoms with van der Waals surface area (Å²) in [6.45, 7) is 4.27. The number of rotatable bonds is 6. The zero-order chi connectivity index (χ0) is 23.4. The highest BCUT2D eigenvalue weighted by molar-refractivity contribution is 7.21. The van der Waals surface area contributed by atoms with Crippen LogP contribution in [-0.2, 0) is 0 Å². The van der Waals surface area contributed by atoms with Gasteiger partial charge < -0.3 is 0 Å². The van der Waals surface area contributed by atoms with Crippen LogP contribution in [0.1, 0.15) is 40.6 Å². The molecule has 0 bridgehead atoms. The number of thiophene rings is 1. The van der Waals surface area contributed by atoms with E-state index in [0.29, 0.717) is 15.9 Å². The summed E-state index contributed by atoms with van der Waals surface area (Å²) in [5, 5.41) is 25.7. The highest BCUT2D eigenvalue weighted by Crippen LogP contribution is 2.31. The fourth-order valence-electron chi connectivity index (χ4n) is 2.86. The molecule has 1 N–H and O–H groups in total. The number of amidine groups is 1. The van der Waals surface area contributed by atoms with Crippen LogP contribution in [0.25, 0.3) is 10.2 Å². The summed E-state index contributed by atoms with van der Waals surface area (Å²) in [4.78, 5) is 27.9. The molecule has 0 aliphatic carbocycles. The molecule has 166 valence electrons. The Morgan fingerprint density at radius 3 is 2.61 bits per heavy atom. The molecule has 4 aromatic rings. The molecule has 0 aliphatic rings. The van der Waals surface area contributed by atoms with Crippen molar-refractivity contribution < 1.29 is 9.72 Å². The summed E-state index contributed by atoms with van der Waals surface area (Å²) >= 11 is 2.83. The number of carbonyl (C=O) groups excluding carboxylic acids is 1. The molecule has 33 heavy (non-hydrogen) atoms. The maximum absolute atomic E-state index is 12.4. The van der Waals surface area contributed by atoms with Crippen LogP contribution < -0.4 is 5.43 Å². The SMILES string of the molecule is CC(C)c1ccc2nc(N=N/C(=N\NC(=O)c3ccc([N+](=O)[O-])cc3)c3cccs3)sc2c1. The second kappa shape index (κ2) is 9.76. The van der Waals surface area contributed by atoms with E-state index in [4.69, 9.17) is 0 Å². The average Bonchev–Trinajstić information content (AvgIpc) is 3.48. The van der Waals surface area contributed by atoms with Crippen LogP contribution in [0.3, 0.4) is 0 Å². The number of thiazole rings is 1. The van der Waals surface area contributed by atoms with Crippen LogP contribution in [0.4, 0.5) is 10.8 Å². The van der Waals surface area contributed by atoms with Gasteiger partial charge >= 0.3 is 0 Å². The number of nitro groups is 1. The Kier molecular flexibility index (Phi) is 6.61. The van der Waals surface area contributed by atoms with E-state index in [9.17, 15) is 14.9 Å². The number of nitrogens with one attached hydrogen (secondary N) is 1. The molecule has 9 nitrogen and oxygen atoms in total. The minimum atomic E-state index is -0.527. The zero-order valence-electron chi connectivity index (χ0n) is 17.6. The Morgan fingerprint density at radius 2 is 1.94 bits per heavy atom. The lowest BCUT2D eigenvalue weighted by Crippen LogP contribution is -2.19. The van der Waals surface area contributed by atoms with Crippen molar-refractivity contribution in [3.8, 4) is 0 Å². The Balaban J connectivity index is 1.56. The molecule has 0 fully saturated rings. The fourth-order valence-corrected chi connectivity index (χ4v) is 4.34. The van der Waals surface area contributed by atoms with Gasteiger partial charge in [-0.15, -0.1) is 26.7 Å². The third kappa shape index (κ3) is 5.33. The molecule has 1 amide bonds. The van der Waals surface area contributed by atoms with Gasteiger partial charge in [-0.25, -0.2) is 10.4 Å². The number of amides is 1. The minimum Gasteiger partial charge on any atom is -0.267 e. The number of hydrogen-bond acceptors (Lipinski definition) is 8. The van der Waals surface area contributed by atoms with E-state index in [1.54, 1.807) is 0 Å². The molecule has 0 saturated carbocycles. The van der Waals surface area contributed by atoms with Crippen LogP contribution >= 0.6 is 22.7 Å². The summed E-state index contributed by atoms with van der Waals surface area (Å²) < 4.78 is 1.02. The predicted octanol–water partition coefficient (Wildman–Crippen LogP) is 6.26. The Labute approximate surface area is 196 Å². The normalized spacial score (nSPS) is 12.0. The summed E-state index contributed by atoms with van der Waals surface area (Å²) in [6, 6.07) is 15.0. The zero-order valence-corrected chi connectivity index (χ0v) is 19.3. The lowest BCUT2D eigenvalue weighted by atomic mass is 10.0. The summed E-state index contributed by atoms with van der Waals surface area (Å²) in [5.74, 6) is 0.122. The molecule has 0 aliphatic heterocycles. The number of aromatic nitrogens is 1. The molecule has 0 spiro atoms. The molecule has 11 heteroatoms. The number of hydrazone groups is 1. The van der Waals surface area contributed by atoms with Crippen LogP contribution in [-0.4, -0.2) is 21.7 Å². The van der Waals surface area contributed by atoms with Crippen molar-refractivity contribution in [1.82, 2.24) is 10.4 Å². The number of non-ortho nitro benzene ring substituents is 1. The molecule has 2 aromatic heterocycles. The average molecular weight is 479 g/mol. The van der Waals surface area contributed by atoms with Crippen molar-refractivity contribution in [2.24, 2.45) is 15.3 Å². The monoisotopic (exact) mass is 478 g/mol. The van der Waals surface area contributed by atoms with Crippen LogP contribution in [0.5, 0.6) is 0 Å². The van der Waals surface area contributed by atoms with Gasteiger partial charge in [0.15, 0.2) is 0 Å². The van der Waals surface area contributed by atoms with Gasteiger partial charge in [-0.1, -0.05) is 37.3 Å². The van der Waals surface area contributed by atoms with Gasteiger partial charge in [0.2, 0.25) is 11.0 Å². The lowest BCUT2D eigenvalue weighted by molar-refractivity contribution is -0.384. The number of benzene rings is 2. The first-order valence-corrected chi connectivity index (χ1v) is 11.6. The summed E-state index contributed by atoms with van der Waals surface area (Å²) in [7, 11) is 0. The largest absolute Gasteiger partial charge is 0.271 e. The standard InChI is InChI=1S/C22H18N6O3S2/c1-13(2)15-7-10-17-19(12-15)33-22(23-17)27-25-20(18-4-3-11-32-18)24-26-21(29)14-5-8-16(9-6-14)28(30)31/h3-13H,1-2H3,(H,26,29)/b24-20-,27-25?. The van der Waals surface area contributed by atoms with Crippen molar-refractivity contribution in [3.05, 3.63) is 86.1 Å². The summed E-state index contributed by atoms with van der Waals surface area (Å²) in [5.41, 5.74) is 4.64. The summed E-state index contributed by atoms with van der Waals surface area (Å²) in [6.07, 6.45) is 0. The van der Waals surface area contributed by atoms with Crippen molar-refractivity contribution >= 4 is 55.5 Å². The molecule has 0 saturated heterocycles. The smallest absolute Gasteiger partial charge is 0.267 e. The van der Waals surface area contributed by atoms with E-state index >= 15 is 0 Å². The lowest BCUT2D eigenvalue weighted by Gasteiger charge is -2.03. The first-order chi connectivity index (χ1) is 15.9. The number of fused-ring (bicyclic) bond motifs is 1. The van der Waals surface area contributed by atoms with Gasteiger partial charge in [0.05, 0.1) is 20.0 Å². The maximum Gasteiger partial charge on any atom is 0.271 e. The van der Waals surface area contributed by atoms with Gasteiger partial charge in [-0.2, -0.15) is 0 Å². The Morgan fingerprint density at radius 1 is 1.15 bits per heavy atom. The van der Waals surface area contributed by atoms with Crippen molar-refractivity contribution in [1.29, 1.82) is 0 Å². The third-order valence-corrected chi connectivity index (χ3v) is 6.41. The predicted molar refractivity (Wildman–Crippen MR) is 130 cm³/mol. The van der Waals surface area contributed by atoms with Crippen LogP contribution in [0.2, 0.25) is 0 Å². The van der Waals surface area contributed by atoms with Crippen molar-refractivity contribution in [2.75, 3.05) is 0 Å². The van der Waals surface area contributed by atoms with Crippen LogP contribution in [0, 0.1) is 10.1 Å². The Hall–Kier alpha value is -3.83. The van der Waals surface area contributed by atoms with E-state index in [2.05, 4.69) is 51.7 Å². The topological polar surface area (TPSA) is 122 Å². The molecule has 2 aromatic carbocycles. The van der Waals surface area contributed by atoms with E-state index < -0.39 is 10.8 Å². The first-order valence-electron chi connectivity index (χ1n) is 9.89. The van der Waals surface area contributed by atoms with E-state index in [1.165, 1.54) is 52.5 Å². The Bertz CT molecular complexity index is 1360. The molecule has 0 atom stereocenters. The van der Waals surface area contributed by atoms with E-state index in [1.807, 2.05) is 23.6 Å². The van der Waals surface area contributed by atoms with E-state index in [-0.39, 0.29) is 17.1 Å². The highest BCUT2D eigenvalue weighted by atomic mass is 32.1. The van der Waals surface area contributed by atoms with Gasteiger partial charge in [0.25, 0.3) is 11.6 Å². The van der Waals surface area contributed by atoms with Crippen molar-refractivity contribution in [3.63, 3.8) is 0 Å². The fraction of sp³-hybridized carbons (Fsp3) is 0.136. The number of nitro benzene ring substituents is 1. The van der Waals surface area contributed by atoms with E-state index in [0.717, 1.165) is 10.2 Å². The minimum absolute atomic E-state index is 0.0977. The van der Waals surface area contributed by atoms with Gasteiger partial charge in [-0.3, -0.25) is 14.9 Å². The first kappa shape index (κ1) is 22.4. The van der Waals surface area contributed by atoms with Crippen LogP contribution in [0.15, 0.2) is 75.3 Å². The maximum atomic E-state index is 12.4. The van der Waals surface area contributed by atoms with Gasteiger partial charge in [-0.05, 0) is 47.2 Å². The van der Waals surface area contributed by atoms with Crippen molar-refractivity contribution in [2.45, 2.75) is 19.8 Å². The number of carbonyl (C=O) groups is 1. The molecule has 4 rings (SSSR count). The molecule has 0 radical (unpaired) electrons. The molecular formula is C22H18N6O3S2. The quantitative estimate of drug-likeness (QED) is 0.115.